The number of hydrogen-bond donors (Lipinski definition) is 0. The minimum atomic E-state index is 0.102. The zero-order valence-corrected chi connectivity index (χ0v) is 13.0. The van der Waals surface area contributed by atoms with Gasteiger partial charge in [-0.3, -0.25) is 4.79 Å². The number of ketones is 1. The first-order valence-corrected chi connectivity index (χ1v) is 7.56. The SMILES string of the molecule is CC1(C)CCc2c3c(cc(I)c2C(=O)C1)CCO3. The molecule has 1 aliphatic carbocycles. The standard InChI is InChI=1S/C15H17IO2/c1-15(2)5-3-10-13(12(17)8-15)11(16)7-9-4-6-18-14(9)10/h7H,3-6,8H2,1-2H3. The fourth-order valence-corrected chi connectivity index (χ4v) is 3.99. The summed E-state index contributed by atoms with van der Waals surface area (Å²) >= 11 is 2.30. The molecule has 0 aromatic heterocycles. The largest absolute Gasteiger partial charge is 0.493 e. The van der Waals surface area contributed by atoms with Gasteiger partial charge in [0.1, 0.15) is 5.75 Å². The van der Waals surface area contributed by atoms with E-state index in [-0.39, 0.29) is 11.2 Å². The second-order valence-corrected chi connectivity index (χ2v) is 7.23. The first kappa shape index (κ1) is 12.5. The lowest BCUT2D eigenvalue weighted by atomic mass is 9.84. The Hall–Kier alpha value is -0.580. The van der Waals surface area contributed by atoms with E-state index in [2.05, 4.69) is 42.5 Å². The third kappa shape index (κ3) is 1.96. The lowest BCUT2D eigenvalue weighted by molar-refractivity contribution is 0.0933. The number of benzene rings is 1. The molecular formula is C15H17IO2. The summed E-state index contributed by atoms with van der Waals surface area (Å²) in [5, 5.41) is 0. The smallest absolute Gasteiger partial charge is 0.164 e. The summed E-state index contributed by atoms with van der Waals surface area (Å²) in [7, 11) is 0. The third-order valence-electron chi connectivity index (χ3n) is 3.99. The second kappa shape index (κ2) is 4.22. The van der Waals surface area contributed by atoms with E-state index in [1.807, 2.05) is 0 Å². The lowest BCUT2D eigenvalue weighted by Gasteiger charge is -2.20. The normalized spacial score (nSPS) is 20.9. The summed E-state index contributed by atoms with van der Waals surface area (Å²) in [6.45, 7) is 5.13. The van der Waals surface area contributed by atoms with Crippen molar-refractivity contribution in [3.63, 3.8) is 0 Å². The van der Waals surface area contributed by atoms with Crippen LogP contribution in [-0.4, -0.2) is 12.4 Å². The van der Waals surface area contributed by atoms with Crippen LogP contribution in [0.15, 0.2) is 6.07 Å². The maximum atomic E-state index is 12.5. The van der Waals surface area contributed by atoms with Crippen LogP contribution in [0.5, 0.6) is 5.75 Å². The van der Waals surface area contributed by atoms with Crippen molar-refractivity contribution in [3.05, 3.63) is 26.3 Å². The first-order chi connectivity index (χ1) is 8.48. The van der Waals surface area contributed by atoms with Crippen LogP contribution in [0.1, 0.15) is 48.2 Å². The van der Waals surface area contributed by atoms with Crippen molar-refractivity contribution >= 4 is 28.4 Å². The molecule has 2 nitrogen and oxygen atoms in total. The summed E-state index contributed by atoms with van der Waals surface area (Å²) in [5.41, 5.74) is 3.49. The number of halogens is 1. The zero-order chi connectivity index (χ0) is 12.9. The van der Waals surface area contributed by atoms with E-state index in [0.29, 0.717) is 6.42 Å². The highest BCUT2D eigenvalue weighted by Crippen LogP contribution is 2.42. The van der Waals surface area contributed by atoms with E-state index in [9.17, 15) is 4.79 Å². The van der Waals surface area contributed by atoms with E-state index >= 15 is 0 Å². The monoisotopic (exact) mass is 356 g/mol. The van der Waals surface area contributed by atoms with Crippen LogP contribution >= 0.6 is 22.6 Å². The Morgan fingerprint density at radius 1 is 1.33 bits per heavy atom. The predicted octanol–water partition coefficient (Wildman–Crippen LogP) is 3.77. The molecule has 0 amide bonds. The Balaban J connectivity index is 2.18. The molecule has 0 saturated carbocycles. The van der Waals surface area contributed by atoms with Crippen molar-refractivity contribution < 1.29 is 9.53 Å². The number of hydrogen-bond acceptors (Lipinski definition) is 2. The number of carbonyl (C=O) groups excluding carboxylic acids is 1. The average Bonchev–Trinajstić information content (AvgIpc) is 2.67. The van der Waals surface area contributed by atoms with Crippen LogP contribution < -0.4 is 4.74 Å². The summed E-state index contributed by atoms with van der Waals surface area (Å²) < 4.78 is 6.87. The molecule has 0 spiro atoms. The van der Waals surface area contributed by atoms with Crippen LogP contribution in [0.25, 0.3) is 0 Å². The van der Waals surface area contributed by atoms with E-state index in [0.717, 1.165) is 40.8 Å². The van der Waals surface area contributed by atoms with Gasteiger partial charge in [0.25, 0.3) is 0 Å². The van der Waals surface area contributed by atoms with Crippen LogP contribution in [0.4, 0.5) is 0 Å². The molecule has 1 aromatic rings. The van der Waals surface area contributed by atoms with E-state index < -0.39 is 0 Å². The molecule has 0 fully saturated rings. The van der Waals surface area contributed by atoms with Gasteiger partial charge in [-0.25, -0.2) is 0 Å². The van der Waals surface area contributed by atoms with Gasteiger partial charge in [-0.2, -0.15) is 0 Å². The van der Waals surface area contributed by atoms with Gasteiger partial charge in [0.2, 0.25) is 0 Å². The summed E-state index contributed by atoms with van der Waals surface area (Å²) in [6.07, 6.45) is 3.65. The number of carbonyl (C=O) groups is 1. The van der Waals surface area contributed by atoms with Crippen LogP contribution in [-0.2, 0) is 12.8 Å². The first-order valence-electron chi connectivity index (χ1n) is 6.48. The van der Waals surface area contributed by atoms with Crippen molar-refractivity contribution in [3.8, 4) is 5.75 Å². The Kier molecular flexibility index (Phi) is 2.92. The van der Waals surface area contributed by atoms with Gasteiger partial charge in [0, 0.05) is 27.5 Å². The van der Waals surface area contributed by atoms with E-state index in [4.69, 9.17) is 4.74 Å². The summed E-state index contributed by atoms with van der Waals surface area (Å²) in [6, 6.07) is 2.14. The maximum absolute atomic E-state index is 12.5. The molecule has 18 heavy (non-hydrogen) atoms. The highest BCUT2D eigenvalue weighted by molar-refractivity contribution is 14.1. The molecule has 3 heteroatoms. The fraction of sp³-hybridized carbons (Fsp3) is 0.533. The third-order valence-corrected chi connectivity index (χ3v) is 4.85. The van der Waals surface area contributed by atoms with Gasteiger partial charge < -0.3 is 4.74 Å². The van der Waals surface area contributed by atoms with E-state index in [1.165, 1.54) is 11.1 Å². The summed E-state index contributed by atoms with van der Waals surface area (Å²) in [4.78, 5) is 12.5. The number of rotatable bonds is 0. The minimum absolute atomic E-state index is 0.102. The molecule has 3 rings (SSSR count). The quantitative estimate of drug-likeness (QED) is 0.523. The molecule has 96 valence electrons. The molecule has 1 aromatic carbocycles. The zero-order valence-electron chi connectivity index (χ0n) is 10.8. The van der Waals surface area contributed by atoms with Gasteiger partial charge in [0.15, 0.2) is 5.78 Å². The van der Waals surface area contributed by atoms with Gasteiger partial charge in [-0.1, -0.05) is 13.8 Å². The van der Waals surface area contributed by atoms with Gasteiger partial charge in [-0.15, -0.1) is 0 Å². The van der Waals surface area contributed by atoms with Crippen molar-refractivity contribution in [1.29, 1.82) is 0 Å². The van der Waals surface area contributed by atoms with Gasteiger partial charge >= 0.3 is 0 Å². The van der Waals surface area contributed by atoms with Crippen molar-refractivity contribution in [2.75, 3.05) is 6.61 Å². The maximum Gasteiger partial charge on any atom is 0.164 e. The van der Waals surface area contributed by atoms with Crippen molar-refractivity contribution in [2.45, 2.75) is 39.5 Å². The Morgan fingerprint density at radius 2 is 2.11 bits per heavy atom. The van der Waals surface area contributed by atoms with Gasteiger partial charge in [0.05, 0.1) is 6.61 Å². The number of Topliss-reactive ketones (excluding diaryl/α,β-unsaturated/α-hetero) is 1. The topological polar surface area (TPSA) is 26.3 Å². The minimum Gasteiger partial charge on any atom is -0.493 e. The molecule has 2 aliphatic rings. The van der Waals surface area contributed by atoms with Crippen LogP contribution in [0, 0.1) is 8.99 Å². The second-order valence-electron chi connectivity index (χ2n) is 6.06. The molecule has 1 aliphatic heterocycles. The summed E-state index contributed by atoms with van der Waals surface area (Å²) in [5.74, 6) is 1.30. The molecule has 0 N–H and O–H groups in total. The number of fused-ring (bicyclic) bond motifs is 3. The predicted molar refractivity (Wildman–Crippen MR) is 79.4 cm³/mol. The average molecular weight is 356 g/mol. The molecule has 0 radical (unpaired) electrons. The molecule has 1 heterocycles. The molecule has 0 unspecified atom stereocenters. The molecule has 0 saturated heterocycles. The fourth-order valence-electron chi connectivity index (χ4n) is 2.99. The van der Waals surface area contributed by atoms with Gasteiger partial charge in [-0.05, 0) is 52.5 Å². The van der Waals surface area contributed by atoms with Crippen LogP contribution in [0.3, 0.4) is 0 Å². The highest BCUT2D eigenvalue weighted by atomic mass is 127. The van der Waals surface area contributed by atoms with Crippen molar-refractivity contribution in [2.24, 2.45) is 5.41 Å². The highest BCUT2D eigenvalue weighted by Gasteiger charge is 2.33. The Labute approximate surface area is 121 Å². The van der Waals surface area contributed by atoms with Crippen LogP contribution in [0.2, 0.25) is 0 Å². The molecule has 0 atom stereocenters. The molecular weight excluding hydrogens is 339 g/mol. The van der Waals surface area contributed by atoms with Crippen molar-refractivity contribution in [1.82, 2.24) is 0 Å². The number of ether oxygens (including phenoxy) is 1. The Morgan fingerprint density at radius 3 is 2.89 bits per heavy atom. The molecule has 0 bridgehead atoms. The Bertz CT molecular complexity index is 532. The van der Waals surface area contributed by atoms with E-state index in [1.54, 1.807) is 0 Å². The lowest BCUT2D eigenvalue weighted by Crippen LogP contribution is -2.15.